The van der Waals surface area contributed by atoms with Crippen LogP contribution in [-0.4, -0.2) is 45.2 Å². The summed E-state index contributed by atoms with van der Waals surface area (Å²) in [7, 11) is 0. The molecule has 1 unspecified atom stereocenters. The number of aromatic nitrogens is 3. The van der Waals surface area contributed by atoms with Crippen LogP contribution in [0.3, 0.4) is 0 Å². The van der Waals surface area contributed by atoms with Crippen molar-refractivity contribution in [1.82, 2.24) is 15.0 Å². The van der Waals surface area contributed by atoms with Crippen LogP contribution in [0.1, 0.15) is 13.3 Å². The van der Waals surface area contributed by atoms with E-state index < -0.39 is 12.0 Å². The van der Waals surface area contributed by atoms with Crippen LogP contribution in [0.15, 0.2) is 0 Å². The highest BCUT2D eigenvalue weighted by atomic mass is 16.5. The van der Waals surface area contributed by atoms with E-state index in [2.05, 4.69) is 25.7 Å². The molecular formula is C9H17N7O3. The SMILES string of the molecule is CCCOc1nc(NN)nc(NCC(O)C(N)=O)n1. The van der Waals surface area contributed by atoms with E-state index in [1.165, 1.54) is 0 Å². The van der Waals surface area contributed by atoms with Crippen molar-refractivity contribution in [1.29, 1.82) is 0 Å². The quantitative estimate of drug-likeness (QED) is 0.271. The molecule has 19 heavy (non-hydrogen) atoms. The van der Waals surface area contributed by atoms with Crippen LogP contribution in [0.4, 0.5) is 11.9 Å². The first kappa shape index (κ1) is 14.9. The Morgan fingerprint density at radius 1 is 1.42 bits per heavy atom. The van der Waals surface area contributed by atoms with Crippen LogP contribution in [0.2, 0.25) is 0 Å². The fraction of sp³-hybridized carbons (Fsp3) is 0.556. The minimum atomic E-state index is -1.34. The molecule has 0 aliphatic carbocycles. The summed E-state index contributed by atoms with van der Waals surface area (Å²) in [6, 6.07) is 0.0841. The number of rotatable bonds is 8. The topological polar surface area (TPSA) is 161 Å². The number of nitrogens with zero attached hydrogens (tertiary/aromatic N) is 3. The van der Waals surface area contributed by atoms with Crippen molar-refractivity contribution in [2.24, 2.45) is 11.6 Å². The Labute approximate surface area is 109 Å². The lowest BCUT2D eigenvalue weighted by molar-refractivity contribution is -0.125. The second kappa shape index (κ2) is 7.28. The predicted octanol–water partition coefficient (Wildman–Crippen LogP) is -1.80. The van der Waals surface area contributed by atoms with E-state index in [-0.39, 0.29) is 24.5 Å². The van der Waals surface area contributed by atoms with Crippen LogP contribution in [0.5, 0.6) is 6.01 Å². The van der Waals surface area contributed by atoms with Gasteiger partial charge in [-0.1, -0.05) is 6.92 Å². The highest BCUT2D eigenvalue weighted by molar-refractivity contribution is 5.79. The third-order valence-corrected chi connectivity index (χ3v) is 1.96. The average Bonchev–Trinajstić information content (AvgIpc) is 2.42. The van der Waals surface area contributed by atoms with Crippen LogP contribution >= 0.6 is 0 Å². The van der Waals surface area contributed by atoms with Crippen LogP contribution < -0.4 is 27.1 Å². The van der Waals surface area contributed by atoms with E-state index in [1.54, 1.807) is 0 Å². The number of aliphatic hydroxyl groups is 1. The Balaban J connectivity index is 2.73. The Morgan fingerprint density at radius 2 is 2.11 bits per heavy atom. The molecule has 1 aromatic rings. The molecule has 0 aliphatic heterocycles. The zero-order chi connectivity index (χ0) is 14.3. The number of anilines is 2. The smallest absolute Gasteiger partial charge is 0.323 e. The average molecular weight is 271 g/mol. The standard InChI is InChI=1S/C9H17N7O3/c1-2-3-19-9-14-7(13-8(15-9)16-11)12-4-5(17)6(10)18/h5,17H,2-4,11H2,1H3,(H2,10,18)(H2,12,13,14,15,16). The molecule has 0 radical (unpaired) electrons. The number of hydrazine groups is 1. The van der Waals surface area contributed by atoms with E-state index in [1.807, 2.05) is 6.92 Å². The van der Waals surface area contributed by atoms with Crippen molar-refractivity contribution in [3.63, 3.8) is 0 Å². The number of hydrogen-bond donors (Lipinski definition) is 5. The zero-order valence-electron chi connectivity index (χ0n) is 10.5. The third-order valence-electron chi connectivity index (χ3n) is 1.96. The fourth-order valence-electron chi connectivity index (χ4n) is 1.05. The van der Waals surface area contributed by atoms with E-state index in [4.69, 9.17) is 16.3 Å². The minimum absolute atomic E-state index is 0.0841. The van der Waals surface area contributed by atoms with Crippen molar-refractivity contribution in [2.75, 3.05) is 23.9 Å². The first-order valence-electron chi connectivity index (χ1n) is 5.63. The Kier molecular flexibility index (Phi) is 5.70. The van der Waals surface area contributed by atoms with E-state index in [9.17, 15) is 9.90 Å². The van der Waals surface area contributed by atoms with Crippen molar-refractivity contribution < 1.29 is 14.6 Å². The molecule has 0 aromatic carbocycles. The Hall–Kier alpha value is -2.20. The molecule has 1 atom stereocenters. The van der Waals surface area contributed by atoms with Crippen molar-refractivity contribution >= 4 is 17.8 Å². The summed E-state index contributed by atoms with van der Waals surface area (Å²) in [6.45, 7) is 2.25. The van der Waals surface area contributed by atoms with E-state index >= 15 is 0 Å². The maximum atomic E-state index is 10.7. The van der Waals surface area contributed by atoms with Gasteiger partial charge in [0.25, 0.3) is 0 Å². The van der Waals surface area contributed by atoms with Gasteiger partial charge in [-0.05, 0) is 6.42 Å². The molecule has 0 bridgehead atoms. The number of ether oxygens (including phenoxy) is 1. The van der Waals surface area contributed by atoms with Crippen molar-refractivity contribution in [3.8, 4) is 6.01 Å². The summed E-state index contributed by atoms with van der Waals surface area (Å²) >= 11 is 0. The number of nitrogen functional groups attached to an aromatic ring is 1. The van der Waals surface area contributed by atoms with E-state index in [0.29, 0.717) is 6.61 Å². The number of carbonyl (C=O) groups excluding carboxylic acids is 1. The molecule has 0 saturated heterocycles. The van der Waals surface area contributed by atoms with Gasteiger partial charge in [0.15, 0.2) is 0 Å². The number of aliphatic hydroxyl groups excluding tert-OH is 1. The highest BCUT2D eigenvalue weighted by Gasteiger charge is 2.12. The maximum absolute atomic E-state index is 10.7. The molecule has 1 amide bonds. The van der Waals surface area contributed by atoms with Gasteiger partial charge >= 0.3 is 6.01 Å². The molecule has 1 aromatic heterocycles. The van der Waals surface area contributed by atoms with Gasteiger partial charge in [-0.25, -0.2) is 5.84 Å². The molecule has 7 N–H and O–H groups in total. The second-order valence-electron chi connectivity index (χ2n) is 3.56. The number of nitrogens with two attached hydrogens (primary N) is 2. The summed E-state index contributed by atoms with van der Waals surface area (Å²) in [4.78, 5) is 22.4. The van der Waals surface area contributed by atoms with Gasteiger partial charge in [-0.3, -0.25) is 10.2 Å². The molecule has 10 nitrogen and oxygen atoms in total. The largest absolute Gasteiger partial charge is 0.463 e. The van der Waals surface area contributed by atoms with Gasteiger partial charge in [0.1, 0.15) is 6.10 Å². The molecule has 1 heterocycles. The molecule has 0 aliphatic rings. The molecule has 10 heteroatoms. The lowest BCUT2D eigenvalue weighted by Crippen LogP contribution is -2.34. The number of hydrogen-bond acceptors (Lipinski definition) is 9. The maximum Gasteiger partial charge on any atom is 0.323 e. The van der Waals surface area contributed by atoms with Gasteiger partial charge in [0.05, 0.1) is 13.2 Å². The monoisotopic (exact) mass is 271 g/mol. The molecule has 0 spiro atoms. The first-order chi connectivity index (χ1) is 9.06. The van der Waals surface area contributed by atoms with Gasteiger partial charge < -0.3 is 20.9 Å². The van der Waals surface area contributed by atoms with Gasteiger partial charge in [-0.2, -0.15) is 15.0 Å². The number of nitrogens with one attached hydrogen (secondary N) is 2. The normalized spacial score (nSPS) is 11.7. The highest BCUT2D eigenvalue weighted by Crippen LogP contribution is 2.10. The van der Waals surface area contributed by atoms with Gasteiger partial charge in [-0.15, -0.1) is 0 Å². The molecule has 1 rings (SSSR count). The fourth-order valence-corrected chi connectivity index (χ4v) is 1.05. The first-order valence-corrected chi connectivity index (χ1v) is 5.63. The van der Waals surface area contributed by atoms with Gasteiger partial charge in [0.2, 0.25) is 17.8 Å². The summed E-state index contributed by atoms with van der Waals surface area (Å²) in [5.41, 5.74) is 7.17. The van der Waals surface area contributed by atoms with Crippen LogP contribution in [0.25, 0.3) is 0 Å². The van der Waals surface area contributed by atoms with Crippen LogP contribution in [0, 0.1) is 0 Å². The van der Waals surface area contributed by atoms with E-state index in [0.717, 1.165) is 6.42 Å². The predicted molar refractivity (Wildman–Crippen MR) is 67.1 cm³/mol. The van der Waals surface area contributed by atoms with Crippen molar-refractivity contribution in [2.45, 2.75) is 19.4 Å². The summed E-state index contributed by atoms with van der Waals surface area (Å²) in [5, 5.41) is 11.9. The molecular weight excluding hydrogens is 254 g/mol. The molecule has 0 fully saturated rings. The zero-order valence-corrected chi connectivity index (χ0v) is 10.5. The minimum Gasteiger partial charge on any atom is -0.463 e. The summed E-state index contributed by atoms with van der Waals surface area (Å²) in [5.74, 6) is 4.57. The number of carbonyl (C=O) groups is 1. The molecule has 106 valence electrons. The summed E-state index contributed by atoms with van der Waals surface area (Å²) < 4.78 is 5.24. The third kappa shape index (κ3) is 4.89. The Morgan fingerprint density at radius 3 is 2.68 bits per heavy atom. The number of primary amides is 1. The number of amides is 1. The molecule has 0 saturated carbocycles. The van der Waals surface area contributed by atoms with Crippen molar-refractivity contribution in [3.05, 3.63) is 0 Å². The Bertz CT molecular complexity index is 428. The summed E-state index contributed by atoms with van der Waals surface area (Å²) in [6.07, 6.45) is -0.550. The second-order valence-corrected chi connectivity index (χ2v) is 3.56. The lowest BCUT2D eigenvalue weighted by atomic mass is 10.3. The lowest BCUT2D eigenvalue weighted by Gasteiger charge is -2.10. The van der Waals surface area contributed by atoms with Gasteiger partial charge in [0, 0.05) is 0 Å². The van der Waals surface area contributed by atoms with Crippen LogP contribution in [-0.2, 0) is 4.79 Å².